The van der Waals surface area contributed by atoms with Crippen LogP contribution in [0.1, 0.15) is 6.92 Å². The van der Waals surface area contributed by atoms with Gasteiger partial charge in [-0.15, -0.1) is 10.2 Å². The van der Waals surface area contributed by atoms with E-state index in [0.717, 1.165) is 38.0 Å². The second-order valence-corrected chi connectivity index (χ2v) is 10.5. The predicted molar refractivity (Wildman–Crippen MR) is 157 cm³/mol. The molecule has 1 unspecified atom stereocenters. The summed E-state index contributed by atoms with van der Waals surface area (Å²) in [5.41, 5.74) is 5.88. The fourth-order valence-corrected chi connectivity index (χ4v) is 5.97. The van der Waals surface area contributed by atoms with Crippen LogP contribution in [-0.2, 0) is 4.79 Å². The number of para-hydroxylation sites is 2. The molecule has 0 spiro atoms. The molecule has 0 saturated carbocycles. The van der Waals surface area contributed by atoms with Gasteiger partial charge in [0.15, 0.2) is 11.5 Å². The lowest BCUT2D eigenvalue weighted by molar-refractivity contribution is -0.117. The molecule has 9 heteroatoms. The van der Waals surface area contributed by atoms with Crippen molar-refractivity contribution < 1.29 is 4.79 Å². The average molecular weight is 542 g/mol. The number of rotatable bonds is 5. The van der Waals surface area contributed by atoms with E-state index in [2.05, 4.69) is 49.7 Å². The normalized spacial score (nSPS) is 13.0. The number of benzene rings is 3. The van der Waals surface area contributed by atoms with Crippen LogP contribution >= 0.6 is 11.8 Å². The van der Waals surface area contributed by atoms with E-state index in [0.29, 0.717) is 17.2 Å². The van der Waals surface area contributed by atoms with Crippen LogP contribution in [0, 0.1) is 0 Å². The highest BCUT2D eigenvalue weighted by Gasteiger charge is 2.30. The number of carbonyl (C=O) groups is 1. The van der Waals surface area contributed by atoms with Gasteiger partial charge in [0.25, 0.3) is 0 Å². The zero-order valence-corrected chi connectivity index (χ0v) is 22.3. The number of carbonyl (C=O) groups excluding carboxylic acids is 1. The Hall–Kier alpha value is -5.02. The van der Waals surface area contributed by atoms with Crippen LogP contribution in [0.4, 0.5) is 17.1 Å². The van der Waals surface area contributed by atoms with Gasteiger partial charge in [-0.1, -0.05) is 48.2 Å². The molecule has 0 bridgehead atoms. The summed E-state index contributed by atoms with van der Waals surface area (Å²) < 4.78 is 1.72. The van der Waals surface area contributed by atoms with Crippen LogP contribution in [0.2, 0.25) is 0 Å². The van der Waals surface area contributed by atoms with Crippen LogP contribution in [-0.4, -0.2) is 36.7 Å². The van der Waals surface area contributed by atoms with Crippen LogP contribution in [0.5, 0.6) is 0 Å². The Kier molecular flexibility index (Phi) is 5.98. The summed E-state index contributed by atoms with van der Waals surface area (Å²) in [5.74, 6) is 0.536. The van der Waals surface area contributed by atoms with E-state index in [1.54, 1.807) is 28.7 Å². The number of amides is 1. The largest absolute Gasteiger partial charge is 0.327 e. The molecule has 3 aromatic carbocycles. The molecule has 1 amide bonds. The average Bonchev–Trinajstić information content (AvgIpc) is 3.43. The van der Waals surface area contributed by atoms with Crippen LogP contribution in [0.25, 0.3) is 28.3 Å². The minimum Gasteiger partial charge on any atom is -0.327 e. The number of hydrogen-bond donors (Lipinski definition) is 1. The molecule has 0 aliphatic carbocycles. The Morgan fingerprint density at radius 1 is 0.800 bits per heavy atom. The molecule has 1 atom stereocenters. The summed E-state index contributed by atoms with van der Waals surface area (Å²) in [6, 6.07) is 31.2. The van der Waals surface area contributed by atoms with Gasteiger partial charge in [-0.3, -0.25) is 9.78 Å². The molecule has 40 heavy (non-hydrogen) atoms. The number of pyridine rings is 1. The number of anilines is 3. The van der Waals surface area contributed by atoms with Gasteiger partial charge in [0.2, 0.25) is 5.91 Å². The number of hydrogen-bond acceptors (Lipinski definition) is 7. The number of nitrogens with zero attached hydrogens (tertiary/aromatic N) is 6. The van der Waals surface area contributed by atoms with Crippen LogP contribution < -0.4 is 10.2 Å². The van der Waals surface area contributed by atoms with Gasteiger partial charge >= 0.3 is 0 Å². The Labute approximate surface area is 234 Å². The summed E-state index contributed by atoms with van der Waals surface area (Å²) in [5, 5.41) is 16.5. The van der Waals surface area contributed by atoms with Crippen molar-refractivity contribution in [3.63, 3.8) is 0 Å². The van der Waals surface area contributed by atoms with Crippen LogP contribution in [0.15, 0.2) is 119 Å². The topological polar surface area (TPSA) is 88.3 Å². The monoisotopic (exact) mass is 541 g/mol. The molecule has 1 aliphatic rings. The fourth-order valence-electron chi connectivity index (χ4n) is 4.89. The van der Waals surface area contributed by atoms with Gasteiger partial charge in [-0.05, 0) is 67.6 Å². The van der Waals surface area contributed by atoms with Gasteiger partial charge in [0.05, 0.1) is 17.1 Å². The van der Waals surface area contributed by atoms with Crippen molar-refractivity contribution in [1.82, 2.24) is 24.8 Å². The maximum atomic E-state index is 13.6. The second-order valence-electron chi connectivity index (χ2n) is 9.40. The van der Waals surface area contributed by atoms with Crippen molar-refractivity contribution in [2.24, 2.45) is 0 Å². The third-order valence-corrected chi connectivity index (χ3v) is 7.99. The molecule has 4 heterocycles. The van der Waals surface area contributed by atoms with Gasteiger partial charge in [-0.2, -0.15) is 9.61 Å². The molecule has 194 valence electrons. The highest BCUT2D eigenvalue weighted by Crippen LogP contribution is 2.48. The number of aromatic nitrogens is 5. The summed E-state index contributed by atoms with van der Waals surface area (Å²) in [6.45, 7) is 1.94. The minimum atomic E-state index is -0.443. The lowest BCUT2D eigenvalue weighted by Crippen LogP contribution is -2.40. The maximum absolute atomic E-state index is 13.6. The molecule has 8 nitrogen and oxygen atoms in total. The predicted octanol–water partition coefficient (Wildman–Crippen LogP) is 6.48. The van der Waals surface area contributed by atoms with E-state index in [-0.39, 0.29) is 5.91 Å². The molecule has 0 radical (unpaired) electrons. The Morgan fingerprint density at radius 2 is 1.52 bits per heavy atom. The van der Waals surface area contributed by atoms with Crippen LogP contribution in [0.3, 0.4) is 0 Å². The van der Waals surface area contributed by atoms with Crippen molar-refractivity contribution in [1.29, 1.82) is 0 Å². The van der Waals surface area contributed by atoms with E-state index < -0.39 is 6.04 Å². The van der Waals surface area contributed by atoms with E-state index in [9.17, 15) is 4.79 Å². The smallest absolute Gasteiger partial charge is 0.247 e. The zero-order chi connectivity index (χ0) is 27.1. The molecule has 6 aromatic rings. The van der Waals surface area contributed by atoms with E-state index >= 15 is 0 Å². The van der Waals surface area contributed by atoms with E-state index in [1.165, 1.54) is 0 Å². The first-order valence-corrected chi connectivity index (χ1v) is 13.7. The molecule has 3 aromatic heterocycles. The summed E-state index contributed by atoms with van der Waals surface area (Å²) in [4.78, 5) is 22.1. The van der Waals surface area contributed by atoms with Crippen molar-refractivity contribution in [3.8, 4) is 22.6 Å². The van der Waals surface area contributed by atoms with E-state index in [1.807, 2.05) is 79.7 Å². The Morgan fingerprint density at radius 3 is 2.27 bits per heavy atom. The Balaban J connectivity index is 1.18. The van der Waals surface area contributed by atoms with Crippen molar-refractivity contribution >= 4 is 40.4 Å². The van der Waals surface area contributed by atoms with Gasteiger partial charge < -0.3 is 10.2 Å². The second kappa shape index (κ2) is 9.94. The zero-order valence-electron chi connectivity index (χ0n) is 21.5. The first-order chi connectivity index (χ1) is 19.7. The van der Waals surface area contributed by atoms with E-state index in [4.69, 9.17) is 5.10 Å². The molecular formula is C31H23N7OS. The van der Waals surface area contributed by atoms with Gasteiger partial charge in [-0.25, -0.2) is 0 Å². The number of fused-ring (bicyclic) bond motifs is 3. The quantitative estimate of drug-likeness (QED) is 0.267. The highest BCUT2D eigenvalue weighted by molar-refractivity contribution is 7.99. The molecule has 0 saturated heterocycles. The third kappa shape index (κ3) is 4.26. The SMILES string of the molecule is CC(C(=O)Nc1cccc(-c2ccc3nnc(-c4ccncc4)n3n2)c1)N1c2ccccc2Sc2ccccc21. The lowest BCUT2D eigenvalue weighted by atomic mass is 10.1. The summed E-state index contributed by atoms with van der Waals surface area (Å²) >= 11 is 1.73. The standard InChI is InChI=1S/C31H23N7OS/c1-20(37-25-9-2-4-11-27(25)40-28-12-5-3-10-26(28)37)31(39)33-23-8-6-7-22(19-23)24-13-14-29-34-35-30(38(29)36-24)21-15-17-32-18-16-21/h2-20H,1H3,(H,33,39). The molecule has 1 N–H and O–H groups in total. The number of nitrogens with one attached hydrogen (secondary N) is 1. The van der Waals surface area contributed by atoms with Crippen molar-refractivity contribution in [3.05, 3.63) is 109 Å². The first kappa shape index (κ1) is 24.1. The molecule has 7 rings (SSSR count). The lowest BCUT2D eigenvalue weighted by Gasteiger charge is -2.36. The van der Waals surface area contributed by atoms with Crippen molar-refractivity contribution in [2.75, 3.05) is 10.2 Å². The molecule has 0 fully saturated rings. The molecule has 1 aliphatic heterocycles. The summed E-state index contributed by atoms with van der Waals surface area (Å²) in [7, 11) is 0. The maximum Gasteiger partial charge on any atom is 0.247 e. The summed E-state index contributed by atoms with van der Waals surface area (Å²) in [6.07, 6.45) is 3.43. The highest BCUT2D eigenvalue weighted by atomic mass is 32.2. The van der Waals surface area contributed by atoms with Gasteiger partial charge in [0, 0.05) is 39.0 Å². The fraction of sp³-hybridized carbons (Fsp3) is 0.0645. The Bertz CT molecular complexity index is 1830. The first-order valence-electron chi connectivity index (χ1n) is 12.8. The molecular weight excluding hydrogens is 518 g/mol. The third-order valence-electron chi connectivity index (χ3n) is 6.86. The van der Waals surface area contributed by atoms with Gasteiger partial charge in [0.1, 0.15) is 6.04 Å². The minimum absolute atomic E-state index is 0.101. The van der Waals surface area contributed by atoms with Crippen molar-refractivity contribution in [2.45, 2.75) is 22.8 Å².